The largest absolute Gasteiger partial charge is 0.483 e. The van der Waals surface area contributed by atoms with Crippen LogP contribution in [0.5, 0.6) is 5.75 Å². The second-order valence-corrected chi connectivity index (χ2v) is 4.05. The van der Waals surface area contributed by atoms with Crippen LogP contribution >= 0.6 is 0 Å². The lowest BCUT2D eigenvalue weighted by molar-refractivity contribution is -0.118. The molecule has 0 bridgehead atoms. The second-order valence-electron chi connectivity index (χ2n) is 4.05. The van der Waals surface area contributed by atoms with Crippen LogP contribution in [0, 0.1) is 0 Å². The Labute approximate surface area is 111 Å². The Balaban J connectivity index is 1.89. The molecule has 0 aliphatic carbocycles. The summed E-state index contributed by atoms with van der Waals surface area (Å²) in [5.41, 5.74) is 7.11. The summed E-state index contributed by atoms with van der Waals surface area (Å²) >= 11 is 0. The molecule has 3 N–H and O–H groups in total. The maximum absolute atomic E-state index is 11.7. The van der Waals surface area contributed by atoms with Crippen LogP contribution in [0.15, 0.2) is 36.7 Å². The molecule has 0 fully saturated rings. The molecule has 1 heterocycles. The molecule has 19 heavy (non-hydrogen) atoms. The molecule has 1 aromatic heterocycles. The van der Waals surface area contributed by atoms with Gasteiger partial charge in [0.05, 0.1) is 11.9 Å². The van der Waals surface area contributed by atoms with E-state index >= 15 is 0 Å². The molecule has 1 aromatic carbocycles. The van der Waals surface area contributed by atoms with Gasteiger partial charge in [-0.15, -0.1) is 0 Å². The molecule has 0 radical (unpaired) electrons. The summed E-state index contributed by atoms with van der Waals surface area (Å²) in [7, 11) is 1.78. The number of benzene rings is 1. The topological polar surface area (TPSA) is 82.2 Å². The second kappa shape index (κ2) is 6.01. The number of hydrogen-bond donors (Lipinski definition) is 2. The van der Waals surface area contributed by atoms with Crippen molar-refractivity contribution in [3.8, 4) is 5.75 Å². The highest BCUT2D eigenvalue weighted by molar-refractivity contribution is 5.91. The van der Waals surface area contributed by atoms with Crippen LogP contribution in [0.2, 0.25) is 0 Å². The van der Waals surface area contributed by atoms with E-state index in [1.807, 2.05) is 18.2 Å². The molecular weight excluding hydrogens is 244 g/mol. The van der Waals surface area contributed by atoms with Crippen LogP contribution in [0.3, 0.4) is 0 Å². The van der Waals surface area contributed by atoms with E-state index in [0.29, 0.717) is 18.0 Å². The van der Waals surface area contributed by atoms with E-state index in [0.717, 1.165) is 5.56 Å². The Morgan fingerprint density at radius 1 is 1.47 bits per heavy atom. The number of carbonyl (C=O) groups excluding carboxylic acids is 1. The van der Waals surface area contributed by atoms with Crippen LogP contribution in [0.4, 0.5) is 5.69 Å². The molecule has 0 atom stereocenters. The van der Waals surface area contributed by atoms with Crippen LogP contribution in [-0.4, -0.2) is 22.3 Å². The van der Waals surface area contributed by atoms with Crippen LogP contribution in [0.25, 0.3) is 0 Å². The van der Waals surface area contributed by atoms with Gasteiger partial charge in [0.15, 0.2) is 6.61 Å². The third-order valence-electron chi connectivity index (χ3n) is 2.54. The van der Waals surface area contributed by atoms with E-state index in [9.17, 15) is 4.79 Å². The summed E-state index contributed by atoms with van der Waals surface area (Å²) in [6.45, 7) is 0.312. The fraction of sp³-hybridized carbons (Fsp3) is 0.231. The lowest BCUT2D eigenvalue weighted by Crippen LogP contribution is -2.20. The van der Waals surface area contributed by atoms with Gasteiger partial charge in [0.1, 0.15) is 5.75 Å². The molecule has 0 saturated carbocycles. The minimum Gasteiger partial charge on any atom is -0.483 e. The van der Waals surface area contributed by atoms with Gasteiger partial charge in [0, 0.05) is 25.4 Å². The number of nitrogens with zero attached hydrogens (tertiary/aromatic N) is 2. The molecule has 0 spiro atoms. The summed E-state index contributed by atoms with van der Waals surface area (Å²) < 4.78 is 7.06. The maximum Gasteiger partial charge on any atom is 0.262 e. The molecule has 6 heteroatoms. The molecule has 2 aromatic rings. The minimum absolute atomic E-state index is 0.0636. The molecule has 2 rings (SSSR count). The van der Waals surface area contributed by atoms with E-state index in [1.54, 1.807) is 30.2 Å². The van der Waals surface area contributed by atoms with Crippen molar-refractivity contribution in [1.29, 1.82) is 0 Å². The standard InChI is InChI=1S/C13H16N4O2/c1-17-8-11(7-15-17)16-13(18)9-19-12-5-3-2-4-10(12)6-14/h2-5,7-8H,6,9,14H2,1H3,(H,16,18). The first-order valence-corrected chi connectivity index (χ1v) is 5.88. The molecule has 0 unspecified atom stereocenters. The number of amides is 1. The normalized spacial score (nSPS) is 10.2. The Kier molecular flexibility index (Phi) is 4.15. The van der Waals surface area contributed by atoms with Gasteiger partial charge in [-0.2, -0.15) is 5.10 Å². The zero-order valence-electron chi connectivity index (χ0n) is 10.7. The first kappa shape index (κ1) is 13.1. The number of carbonyl (C=O) groups is 1. The smallest absolute Gasteiger partial charge is 0.262 e. The minimum atomic E-state index is -0.236. The molecule has 100 valence electrons. The van der Waals surface area contributed by atoms with Crippen molar-refractivity contribution in [1.82, 2.24) is 9.78 Å². The quantitative estimate of drug-likeness (QED) is 0.836. The van der Waals surface area contributed by atoms with Gasteiger partial charge in [-0.25, -0.2) is 0 Å². The average molecular weight is 260 g/mol. The molecule has 0 saturated heterocycles. The summed E-state index contributed by atoms with van der Waals surface area (Å²) in [6.07, 6.45) is 3.29. The van der Waals surface area contributed by atoms with E-state index in [1.165, 1.54) is 0 Å². The number of anilines is 1. The van der Waals surface area contributed by atoms with Gasteiger partial charge in [-0.05, 0) is 6.07 Å². The fourth-order valence-electron chi connectivity index (χ4n) is 1.64. The number of aromatic nitrogens is 2. The summed E-state index contributed by atoms with van der Waals surface area (Å²) in [5, 5.41) is 6.65. The number of nitrogens with two attached hydrogens (primary N) is 1. The van der Waals surface area contributed by atoms with Gasteiger partial charge in [0.2, 0.25) is 0 Å². The Bertz CT molecular complexity index is 565. The van der Waals surface area contributed by atoms with Crippen molar-refractivity contribution < 1.29 is 9.53 Å². The van der Waals surface area contributed by atoms with E-state index < -0.39 is 0 Å². The first-order valence-electron chi connectivity index (χ1n) is 5.88. The third-order valence-corrected chi connectivity index (χ3v) is 2.54. The van der Waals surface area contributed by atoms with E-state index in [2.05, 4.69) is 10.4 Å². The van der Waals surface area contributed by atoms with Crippen molar-refractivity contribution in [3.05, 3.63) is 42.2 Å². The zero-order chi connectivity index (χ0) is 13.7. The average Bonchev–Trinajstić information content (AvgIpc) is 2.82. The molecule has 0 aliphatic rings. The van der Waals surface area contributed by atoms with Crippen LogP contribution in [-0.2, 0) is 18.4 Å². The van der Waals surface area contributed by atoms with Gasteiger partial charge in [-0.3, -0.25) is 9.48 Å². The Morgan fingerprint density at radius 3 is 2.95 bits per heavy atom. The Morgan fingerprint density at radius 2 is 2.26 bits per heavy atom. The molecular formula is C13H16N4O2. The summed E-state index contributed by atoms with van der Waals surface area (Å²) in [6, 6.07) is 7.38. The van der Waals surface area contributed by atoms with Gasteiger partial charge >= 0.3 is 0 Å². The fourth-order valence-corrected chi connectivity index (χ4v) is 1.64. The number of rotatable bonds is 5. The molecule has 1 amide bonds. The third kappa shape index (κ3) is 3.56. The predicted molar refractivity (Wildman–Crippen MR) is 71.7 cm³/mol. The highest BCUT2D eigenvalue weighted by Crippen LogP contribution is 2.16. The van der Waals surface area contributed by atoms with Crippen molar-refractivity contribution in [2.24, 2.45) is 12.8 Å². The summed E-state index contributed by atoms with van der Waals surface area (Å²) in [5.74, 6) is 0.395. The lowest BCUT2D eigenvalue weighted by Gasteiger charge is -2.09. The van der Waals surface area contributed by atoms with Crippen LogP contribution in [0.1, 0.15) is 5.56 Å². The SMILES string of the molecule is Cn1cc(NC(=O)COc2ccccc2CN)cn1. The van der Waals surface area contributed by atoms with Gasteiger partial charge < -0.3 is 15.8 Å². The highest BCUT2D eigenvalue weighted by atomic mass is 16.5. The molecule has 6 nitrogen and oxygen atoms in total. The van der Waals surface area contributed by atoms with Crippen LogP contribution < -0.4 is 15.8 Å². The zero-order valence-corrected chi connectivity index (χ0v) is 10.7. The van der Waals surface area contributed by atoms with Gasteiger partial charge in [-0.1, -0.05) is 18.2 Å². The van der Waals surface area contributed by atoms with Gasteiger partial charge in [0.25, 0.3) is 5.91 Å². The van der Waals surface area contributed by atoms with Crippen molar-refractivity contribution in [2.45, 2.75) is 6.54 Å². The summed E-state index contributed by atoms with van der Waals surface area (Å²) in [4.78, 5) is 11.7. The van der Waals surface area contributed by atoms with Crippen molar-refractivity contribution >= 4 is 11.6 Å². The number of ether oxygens (including phenoxy) is 1. The number of aryl methyl sites for hydroxylation is 1. The lowest BCUT2D eigenvalue weighted by atomic mass is 10.2. The number of hydrogen-bond acceptors (Lipinski definition) is 4. The van der Waals surface area contributed by atoms with Crippen molar-refractivity contribution in [2.75, 3.05) is 11.9 Å². The van der Waals surface area contributed by atoms with E-state index in [4.69, 9.17) is 10.5 Å². The number of nitrogens with one attached hydrogen (secondary N) is 1. The molecule has 0 aliphatic heterocycles. The van der Waals surface area contributed by atoms with E-state index in [-0.39, 0.29) is 12.5 Å². The Hall–Kier alpha value is -2.34. The first-order chi connectivity index (χ1) is 9.19. The highest BCUT2D eigenvalue weighted by Gasteiger charge is 2.07. The van der Waals surface area contributed by atoms with Crippen molar-refractivity contribution in [3.63, 3.8) is 0 Å². The predicted octanol–water partition coefficient (Wildman–Crippen LogP) is 0.896. The maximum atomic E-state index is 11.7. The monoisotopic (exact) mass is 260 g/mol. The number of para-hydroxylation sites is 1.